The van der Waals surface area contributed by atoms with Gasteiger partial charge >= 0.3 is 5.97 Å². The van der Waals surface area contributed by atoms with Crippen LogP contribution in [0.15, 0.2) is 54.7 Å². The van der Waals surface area contributed by atoms with E-state index in [2.05, 4.69) is 15.6 Å². The Kier molecular flexibility index (Phi) is 7.18. The molecule has 2 heterocycles. The fraction of sp³-hybridized carbons (Fsp3) is 0.259. The molecule has 4 rings (SSSR count). The van der Waals surface area contributed by atoms with Crippen LogP contribution in [0, 0.1) is 5.82 Å². The van der Waals surface area contributed by atoms with E-state index in [9.17, 15) is 23.9 Å². The van der Waals surface area contributed by atoms with Crippen LogP contribution in [0.1, 0.15) is 51.6 Å². The van der Waals surface area contributed by atoms with E-state index in [0.717, 1.165) is 17.2 Å². The lowest BCUT2D eigenvalue weighted by Crippen LogP contribution is -2.65. The van der Waals surface area contributed by atoms with Gasteiger partial charge in [-0.1, -0.05) is 49.7 Å². The highest BCUT2D eigenvalue weighted by atomic mass is 35.5. The number of hydrogen-bond acceptors (Lipinski definition) is 5. The number of carboxylic acids is 1. The number of pyridine rings is 1. The summed E-state index contributed by atoms with van der Waals surface area (Å²) in [5.74, 6) is -2.28. The highest BCUT2D eigenvalue weighted by Gasteiger charge is 2.52. The SMILES string of the molecule is CNC(=O)c1cc(Cl)c(F)cc1NC(=O)C1(c2ccccc2C(C)C)CN(c2cc(C(=O)O)ccn2)C1. The summed E-state index contributed by atoms with van der Waals surface area (Å²) in [6, 6.07) is 12.6. The number of aromatic carboxylic acids is 1. The Labute approximate surface area is 218 Å². The topological polar surface area (TPSA) is 112 Å². The normalized spacial score (nSPS) is 14.2. The first-order chi connectivity index (χ1) is 17.6. The summed E-state index contributed by atoms with van der Waals surface area (Å²) in [6.07, 6.45) is 1.41. The zero-order valence-electron chi connectivity index (χ0n) is 20.5. The average Bonchev–Trinajstić information content (AvgIpc) is 2.85. The minimum absolute atomic E-state index is 0.00268. The minimum Gasteiger partial charge on any atom is -0.478 e. The van der Waals surface area contributed by atoms with Crippen molar-refractivity contribution in [2.45, 2.75) is 25.2 Å². The maximum Gasteiger partial charge on any atom is 0.335 e. The van der Waals surface area contributed by atoms with E-state index in [-0.39, 0.29) is 40.8 Å². The van der Waals surface area contributed by atoms with Gasteiger partial charge in [-0.2, -0.15) is 0 Å². The third-order valence-corrected chi connectivity index (χ3v) is 6.84. The van der Waals surface area contributed by atoms with Crippen molar-refractivity contribution in [1.82, 2.24) is 10.3 Å². The molecule has 1 aliphatic heterocycles. The predicted molar refractivity (Wildman–Crippen MR) is 139 cm³/mol. The molecule has 2 amide bonds. The van der Waals surface area contributed by atoms with Crippen LogP contribution in [-0.4, -0.2) is 48.0 Å². The van der Waals surface area contributed by atoms with Gasteiger partial charge in [-0.15, -0.1) is 0 Å². The lowest BCUT2D eigenvalue weighted by Gasteiger charge is -2.50. The van der Waals surface area contributed by atoms with E-state index >= 15 is 0 Å². The molecule has 0 radical (unpaired) electrons. The fourth-order valence-corrected chi connectivity index (χ4v) is 4.74. The van der Waals surface area contributed by atoms with Crippen LogP contribution in [0.4, 0.5) is 15.9 Å². The zero-order valence-corrected chi connectivity index (χ0v) is 21.3. The lowest BCUT2D eigenvalue weighted by molar-refractivity contribution is -0.122. The van der Waals surface area contributed by atoms with Crippen LogP contribution in [0.2, 0.25) is 5.02 Å². The van der Waals surface area contributed by atoms with Gasteiger partial charge in [-0.25, -0.2) is 14.2 Å². The Morgan fingerprint density at radius 2 is 1.84 bits per heavy atom. The molecule has 37 heavy (non-hydrogen) atoms. The molecule has 1 aliphatic rings. The number of nitrogens with zero attached hydrogens (tertiary/aromatic N) is 2. The molecule has 0 aliphatic carbocycles. The number of halogens is 2. The molecule has 10 heteroatoms. The molecule has 0 bridgehead atoms. The number of carboxylic acid groups (broad SMARTS) is 1. The number of amides is 2. The Hall–Kier alpha value is -3.98. The largest absolute Gasteiger partial charge is 0.478 e. The smallest absolute Gasteiger partial charge is 0.335 e. The van der Waals surface area contributed by atoms with Crippen molar-refractivity contribution in [2.24, 2.45) is 0 Å². The van der Waals surface area contributed by atoms with Crippen molar-refractivity contribution in [3.63, 3.8) is 0 Å². The molecule has 0 spiro atoms. The Morgan fingerprint density at radius 3 is 2.49 bits per heavy atom. The Morgan fingerprint density at radius 1 is 1.14 bits per heavy atom. The zero-order chi connectivity index (χ0) is 26.9. The molecule has 0 saturated carbocycles. The second-order valence-electron chi connectivity index (χ2n) is 9.23. The summed E-state index contributed by atoms with van der Waals surface area (Å²) in [5.41, 5.74) is 0.806. The van der Waals surface area contributed by atoms with Crippen molar-refractivity contribution >= 4 is 40.9 Å². The molecule has 1 fully saturated rings. The van der Waals surface area contributed by atoms with E-state index in [1.165, 1.54) is 31.4 Å². The predicted octanol–water partition coefficient (Wildman–Crippen LogP) is 4.45. The van der Waals surface area contributed by atoms with Gasteiger partial charge in [0.2, 0.25) is 5.91 Å². The standard InChI is InChI=1S/C27H26ClFN4O4/c1-15(2)17-6-4-5-7-19(17)27(13-33(14-27)23-10-16(25(35)36)8-9-31-23)26(37)32-22-12-21(29)20(28)11-18(22)24(34)30-3/h4-12,15H,13-14H2,1-3H3,(H,30,34)(H,32,37)(H,35,36). The molecule has 1 aromatic heterocycles. The highest BCUT2D eigenvalue weighted by molar-refractivity contribution is 6.31. The number of nitrogens with one attached hydrogen (secondary N) is 2. The molecular weight excluding hydrogens is 499 g/mol. The van der Waals surface area contributed by atoms with Crippen molar-refractivity contribution in [3.05, 3.63) is 87.8 Å². The van der Waals surface area contributed by atoms with Crippen molar-refractivity contribution in [1.29, 1.82) is 0 Å². The third kappa shape index (κ3) is 4.86. The Bertz CT molecular complexity index is 1390. The number of hydrogen-bond donors (Lipinski definition) is 3. The van der Waals surface area contributed by atoms with Gasteiger partial charge < -0.3 is 20.6 Å². The summed E-state index contributed by atoms with van der Waals surface area (Å²) in [7, 11) is 1.42. The highest BCUT2D eigenvalue weighted by Crippen LogP contribution is 2.42. The van der Waals surface area contributed by atoms with Crippen molar-refractivity contribution in [3.8, 4) is 0 Å². The Balaban J connectivity index is 1.76. The van der Waals surface area contributed by atoms with Gasteiger partial charge in [0.1, 0.15) is 17.1 Å². The van der Waals surface area contributed by atoms with Crippen LogP contribution in [0.25, 0.3) is 0 Å². The minimum atomic E-state index is -1.08. The summed E-state index contributed by atoms with van der Waals surface area (Å²) >= 11 is 5.90. The number of carbonyl (C=O) groups is 3. The van der Waals surface area contributed by atoms with Crippen LogP contribution in [0.3, 0.4) is 0 Å². The third-order valence-electron chi connectivity index (χ3n) is 6.55. The maximum atomic E-state index is 14.4. The second kappa shape index (κ2) is 10.2. The number of anilines is 2. The van der Waals surface area contributed by atoms with Gasteiger partial charge in [0.25, 0.3) is 5.91 Å². The fourth-order valence-electron chi connectivity index (χ4n) is 4.58. The monoisotopic (exact) mass is 524 g/mol. The molecule has 3 aromatic rings. The quantitative estimate of drug-likeness (QED) is 0.421. The van der Waals surface area contributed by atoms with Gasteiger partial charge in [0.05, 0.1) is 21.8 Å². The van der Waals surface area contributed by atoms with Crippen LogP contribution >= 0.6 is 11.6 Å². The average molecular weight is 525 g/mol. The molecule has 0 atom stereocenters. The van der Waals surface area contributed by atoms with E-state index in [0.29, 0.717) is 5.82 Å². The van der Waals surface area contributed by atoms with E-state index in [1.807, 2.05) is 43.0 Å². The van der Waals surface area contributed by atoms with Crippen molar-refractivity contribution in [2.75, 3.05) is 30.4 Å². The van der Waals surface area contributed by atoms with Gasteiger partial charge in [0.15, 0.2) is 0 Å². The first-order valence-electron chi connectivity index (χ1n) is 11.6. The summed E-state index contributed by atoms with van der Waals surface area (Å²) in [4.78, 5) is 43.9. The summed E-state index contributed by atoms with van der Waals surface area (Å²) in [6.45, 7) is 4.45. The van der Waals surface area contributed by atoms with E-state index in [1.54, 1.807) is 0 Å². The number of aromatic nitrogens is 1. The molecule has 0 unspecified atom stereocenters. The molecule has 192 valence electrons. The first kappa shape index (κ1) is 26.1. The lowest BCUT2D eigenvalue weighted by atomic mass is 9.69. The number of benzene rings is 2. The maximum absolute atomic E-state index is 14.4. The number of carbonyl (C=O) groups excluding carboxylic acids is 2. The van der Waals surface area contributed by atoms with Crippen LogP contribution in [-0.2, 0) is 10.2 Å². The molecule has 2 aromatic carbocycles. The molecule has 1 saturated heterocycles. The van der Waals surface area contributed by atoms with Crippen LogP contribution < -0.4 is 15.5 Å². The van der Waals surface area contributed by atoms with Crippen LogP contribution in [0.5, 0.6) is 0 Å². The molecule has 3 N–H and O–H groups in total. The van der Waals surface area contributed by atoms with Gasteiger partial charge in [-0.3, -0.25) is 9.59 Å². The summed E-state index contributed by atoms with van der Waals surface area (Å²) < 4.78 is 14.4. The van der Waals surface area contributed by atoms with Gasteiger partial charge in [-0.05, 0) is 41.3 Å². The molecular formula is C27H26ClFN4O4. The van der Waals surface area contributed by atoms with E-state index in [4.69, 9.17) is 11.6 Å². The first-order valence-corrected chi connectivity index (χ1v) is 12.0. The van der Waals surface area contributed by atoms with E-state index < -0.39 is 29.0 Å². The second-order valence-corrected chi connectivity index (χ2v) is 9.64. The number of rotatable bonds is 7. The summed E-state index contributed by atoms with van der Waals surface area (Å²) in [5, 5.41) is 14.4. The van der Waals surface area contributed by atoms with Crippen molar-refractivity contribution < 1.29 is 23.9 Å². The molecule has 8 nitrogen and oxygen atoms in total. The van der Waals surface area contributed by atoms with Gasteiger partial charge in [0, 0.05) is 26.3 Å².